The van der Waals surface area contributed by atoms with Crippen molar-refractivity contribution in [2.45, 2.75) is 31.2 Å². The SMILES string of the molecule is O=C(O)c1ccc(N2CC3(CCN(Cc4cc(C(F)(F)F)ccc4-c4cccc5[nH]ncc45)CC3)OC2=O)cc1. The lowest BCUT2D eigenvalue weighted by atomic mass is 9.90. The van der Waals surface area contributed by atoms with Gasteiger partial charge < -0.3 is 9.84 Å². The molecule has 8 nitrogen and oxygen atoms in total. The van der Waals surface area contributed by atoms with Gasteiger partial charge in [0.05, 0.1) is 29.4 Å². The van der Waals surface area contributed by atoms with Crippen molar-refractivity contribution in [2.24, 2.45) is 0 Å². The summed E-state index contributed by atoms with van der Waals surface area (Å²) in [6.45, 7) is 1.69. The number of alkyl halides is 3. The molecule has 206 valence electrons. The Bertz CT molecular complexity index is 1590. The maximum Gasteiger partial charge on any atom is 0.416 e. The summed E-state index contributed by atoms with van der Waals surface area (Å²) in [6.07, 6.45) is -2.25. The second-order valence-corrected chi connectivity index (χ2v) is 10.3. The molecule has 40 heavy (non-hydrogen) atoms. The second kappa shape index (κ2) is 9.67. The van der Waals surface area contributed by atoms with E-state index in [0.29, 0.717) is 55.8 Å². The van der Waals surface area contributed by atoms with Gasteiger partial charge in [-0.2, -0.15) is 18.3 Å². The minimum absolute atomic E-state index is 0.123. The van der Waals surface area contributed by atoms with Crippen LogP contribution in [0.1, 0.15) is 34.3 Å². The standard InChI is InChI=1S/C29H25F3N4O4/c30-29(31,32)20-6-9-22(23-2-1-3-25-24(23)15-33-34-25)19(14-20)16-35-12-10-28(11-13-35)17-36(27(39)40-28)21-7-4-18(5-8-21)26(37)38/h1-9,14-15H,10-13,16-17H2,(H,33,34)(H,37,38). The average molecular weight is 551 g/mol. The summed E-state index contributed by atoms with van der Waals surface area (Å²) < 4.78 is 46.8. The number of carbonyl (C=O) groups excluding carboxylic acids is 1. The molecule has 2 fully saturated rings. The molecule has 3 aromatic carbocycles. The molecular formula is C29H25F3N4O4. The number of rotatable bonds is 5. The number of aromatic nitrogens is 2. The number of benzene rings is 3. The summed E-state index contributed by atoms with van der Waals surface area (Å²) in [4.78, 5) is 27.4. The number of H-pyrrole nitrogens is 1. The van der Waals surface area contributed by atoms with Crippen LogP contribution in [0.2, 0.25) is 0 Å². The molecule has 2 aliphatic heterocycles. The molecule has 0 bridgehead atoms. The summed E-state index contributed by atoms with van der Waals surface area (Å²) in [6, 6.07) is 15.5. The monoisotopic (exact) mass is 550 g/mol. The normalized spacial score (nSPS) is 17.5. The Morgan fingerprint density at radius 1 is 1.05 bits per heavy atom. The lowest BCUT2D eigenvalue weighted by Gasteiger charge is -2.37. The minimum atomic E-state index is -4.47. The number of aromatic amines is 1. The van der Waals surface area contributed by atoms with E-state index >= 15 is 0 Å². The van der Waals surface area contributed by atoms with Crippen LogP contribution in [0.15, 0.2) is 66.9 Å². The molecule has 0 aliphatic carbocycles. The average Bonchev–Trinajstić information content (AvgIpc) is 3.54. The van der Waals surface area contributed by atoms with E-state index in [9.17, 15) is 22.8 Å². The smallest absolute Gasteiger partial charge is 0.416 e. The summed E-state index contributed by atoms with van der Waals surface area (Å²) in [5.74, 6) is -1.05. The molecule has 4 aromatic rings. The van der Waals surface area contributed by atoms with Gasteiger partial charge in [0.25, 0.3) is 0 Å². The predicted molar refractivity (Wildman–Crippen MR) is 141 cm³/mol. The van der Waals surface area contributed by atoms with Crippen LogP contribution in [0.3, 0.4) is 0 Å². The van der Waals surface area contributed by atoms with Crippen LogP contribution in [-0.4, -0.2) is 57.5 Å². The third-order valence-electron chi connectivity index (χ3n) is 7.77. The molecule has 1 aromatic heterocycles. The summed E-state index contributed by atoms with van der Waals surface area (Å²) in [5, 5.41) is 17.0. The number of amides is 1. The zero-order valence-electron chi connectivity index (χ0n) is 21.2. The maximum absolute atomic E-state index is 13.6. The Morgan fingerprint density at radius 2 is 1.80 bits per heavy atom. The number of aromatic carboxylic acids is 1. The lowest BCUT2D eigenvalue weighted by Crippen LogP contribution is -2.46. The molecule has 3 heterocycles. The Morgan fingerprint density at radius 3 is 2.50 bits per heavy atom. The van der Waals surface area contributed by atoms with Crippen molar-refractivity contribution >= 4 is 28.7 Å². The van der Waals surface area contributed by atoms with E-state index in [4.69, 9.17) is 9.84 Å². The number of fused-ring (bicyclic) bond motifs is 1. The van der Waals surface area contributed by atoms with E-state index in [1.165, 1.54) is 29.2 Å². The molecule has 0 unspecified atom stereocenters. The third-order valence-corrected chi connectivity index (χ3v) is 7.77. The number of carboxylic acid groups (broad SMARTS) is 1. The topological polar surface area (TPSA) is 98.8 Å². The first-order chi connectivity index (χ1) is 19.1. The molecule has 0 atom stereocenters. The molecule has 2 aliphatic rings. The van der Waals surface area contributed by atoms with Crippen LogP contribution >= 0.6 is 0 Å². The Hall–Kier alpha value is -4.38. The number of nitrogens with zero attached hydrogens (tertiary/aromatic N) is 3. The number of likely N-dealkylation sites (tertiary alicyclic amines) is 1. The van der Waals surface area contributed by atoms with E-state index in [2.05, 4.69) is 15.1 Å². The molecule has 1 amide bonds. The van der Waals surface area contributed by atoms with Crippen LogP contribution < -0.4 is 4.90 Å². The van der Waals surface area contributed by atoms with Crippen molar-refractivity contribution < 1.29 is 32.6 Å². The minimum Gasteiger partial charge on any atom is -0.478 e. The fourth-order valence-electron chi connectivity index (χ4n) is 5.59. The van der Waals surface area contributed by atoms with Crippen LogP contribution in [0.5, 0.6) is 0 Å². The highest BCUT2D eigenvalue weighted by atomic mass is 19.4. The first-order valence-corrected chi connectivity index (χ1v) is 12.8. The van der Waals surface area contributed by atoms with Crippen LogP contribution in [0.25, 0.3) is 22.0 Å². The van der Waals surface area contributed by atoms with E-state index in [1.807, 2.05) is 18.2 Å². The van der Waals surface area contributed by atoms with Gasteiger partial charge in [-0.1, -0.05) is 18.2 Å². The lowest BCUT2D eigenvalue weighted by molar-refractivity contribution is -0.137. The number of carboxylic acids is 1. The number of piperidine rings is 1. The van der Waals surface area contributed by atoms with Gasteiger partial charge in [-0.15, -0.1) is 0 Å². The van der Waals surface area contributed by atoms with Crippen LogP contribution in [-0.2, 0) is 17.5 Å². The van der Waals surface area contributed by atoms with Gasteiger partial charge in [-0.25, -0.2) is 9.59 Å². The van der Waals surface area contributed by atoms with Gasteiger partial charge in [-0.3, -0.25) is 14.9 Å². The van der Waals surface area contributed by atoms with E-state index < -0.39 is 29.4 Å². The molecule has 11 heteroatoms. The van der Waals surface area contributed by atoms with Gasteiger partial charge in [0.2, 0.25) is 0 Å². The van der Waals surface area contributed by atoms with Crippen LogP contribution in [0, 0.1) is 0 Å². The first-order valence-electron chi connectivity index (χ1n) is 12.8. The maximum atomic E-state index is 13.6. The van der Waals surface area contributed by atoms with E-state index in [1.54, 1.807) is 18.3 Å². The van der Waals surface area contributed by atoms with Gasteiger partial charge in [0.15, 0.2) is 0 Å². The quantitative estimate of drug-likeness (QED) is 0.319. The summed E-state index contributed by atoms with van der Waals surface area (Å²) in [5.41, 5.74) is 2.14. The van der Waals surface area contributed by atoms with Gasteiger partial charge in [-0.05, 0) is 59.2 Å². The number of carbonyl (C=O) groups is 2. The van der Waals surface area contributed by atoms with Gasteiger partial charge in [0.1, 0.15) is 5.60 Å². The highest BCUT2D eigenvalue weighted by molar-refractivity contribution is 5.95. The van der Waals surface area contributed by atoms with Crippen molar-refractivity contribution in [1.82, 2.24) is 15.1 Å². The molecular weight excluding hydrogens is 525 g/mol. The predicted octanol–water partition coefficient (Wildman–Crippen LogP) is 5.94. The zero-order chi connectivity index (χ0) is 28.1. The number of halogens is 3. The summed E-state index contributed by atoms with van der Waals surface area (Å²) in [7, 11) is 0. The highest BCUT2D eigenvalue weighted by Crippen LogP contribution is 2.39. The van der Waals surface area contributed by atoms with E-state index in [-0.39, 0.29) is 5.56 Å². The number of hydrogen-bond donors (Lipinski definition) is 2. The first kappa shape index (κ1) is 25.9. The fraction of sp³-hybridized carbons (Fsp3) is 0.276. The largest absolute Gasteiger partial charge is 0.478 e. The van der Waals surface area contributed by atoms with Crippen molar-refractivity contribution in [3.8, 4) is 11.1 Å². The number of anilines is 1. The number of ether oxygens (including phenoxy) is 1. The number of hydrogen-bond acceptors (Lipinski definition) is 5. The molecule has 0 saturated carbocycles. The highest BCUT2D eigenvalue weighted by Gasteiger charge is 2.47. The van der Waals surface area contributed by atoms with Crippen molar-refractivity contribution in [3.63, 3.8) is 0 Å². The molecule has 0 radical (unpaired) electrons. The van der Waals surface area contributed by atoms with E-state index in [0.717, 1.165) is 22.5 Å². The Balaban J connectivity index is 1.21. The molecule has 1 spiro atoms. The van der Waals surface area contributed by atoms with Gasteiger partial charge in [0, 0.05) is 43.5 Å². The van der Waals surface area contributed by atoms with Gasteiger partial charge >= 0.3 is 18.2 Å². The van der Waals surface area contributed by atoms with Crippen molar-refractivity contribution in [3.05, 3.63) is 83.6 Å². The number of nitrogens with one attached hydrogen (secondary N) is 1. The Kier molecular flexibility index (Phi) is 6.25. The Labute approximate surface area is 227 Å². The van der Waals surface area contributed by atoms with Crippen molar-refractivity contribution in [2.75, 3.05) is 24.5 Å². The fourth-order valence-corrected chi connectivity index (χ4v) is 5.59. The molecule has 2 saturated heterocycles. The third kappa shape index (κ3) is 4.77. The zero-order valence-corrected chi connectivity index (χ0v) is 21.2. The van der Waals surface area contributed by atoms with Crippen molar-refractivity contribution in [1.29, 1.82) is 0 Å². The summed E-state index contributed by atoms with van der Waals surface area (Å²) >= 11 is 0. The second-order valence-electron chi connectivity index (χ2n) is 10.3. The van der Waals surface area contributed by atoms with Crippen LogP contribution in [0.4, 0.5) is 23.7 Å². The molecule has 6 rings (SSSR count). The molecule has 2 N–H and O–H groups in total.